The van der Waals surface area contributed by atoms with Crippen molar-refractivity contribution in [1.82, 2.24) is 30.3 Å². The minimum Gasteiger partial charge on any atom is -0.494 e. The van der Waals surface area contributed by atoms with E-state index in [9.17, 15) is 54.5 Å². The van der Waals surface area contributed by atoms with Crippen molar-refractivity contribution in [3.63, 3.8) is 0 Å². The number of aliphatic hydroxyl groups excluding tert-OH is 7. The number of amides is 3. The van der Waals surface area contributed by atoms with Crippen molar-refractivity contribution in [1.29, 1.82) is 0 Å². The smallest absolute Gasteiger partial charge is 0.251 e. The summed E-state index contributed by atoms with van der Waals surface area (Å²) in [4.78, 5) is 48.1. The normalized spacial score (nSPS) is 29.9. The van der Waals surface area contributed by atoms with E-state index in [0.29, 0.717) is 47.5 Å². The minimum atomic E-state index is -1.82. The van der Waals surface area contributed by atoms with Crippen LogP contribution < -0.4 is 48.9 Å². The van der Waals surface area contributed by atoms with Crippen molar-refractivity contribution >= 4 is 34.9 Å². The number of aliphatic hydroxyl groups is 7. The van der Waals surface area contributed by atoms with Crippen LogP contribution in [0.25, 0.3) is 16.9 Å². The van der Waals surface area contributed by atoms with Gasteiger partial charge >= 0.3 is 0 Å². The van der Waals surface area contributed by atoms with Gasteiger partial charge in [-0.25, -0.2) is 14.4 Å². The third kappa shape index (κ3) is 13.3. The molecule has 1 aliphatic carbocycles. The lowest BCUT2D eigenvalue weighted by Gasteiger charge is -2.49. The number of carbonyl (C=O) groups is 3. The first-order chi connectivity index (χ1) is 36.8. The SMILES string of the molecule is CCc1cc(Nc2nccn3c(-c4ccc(OC)c(F)c4F)cnc23)ccc1C(=O)NCCCCC(=O)NC[C@H]1O[C@H](O[C@H]2C(NC(=O)[C@@H](O)CCN)C[C@H](N)[C@@H](O[C@H]3O[C@H](CN)[C@@H](O)[C@H](O)[C@H]3O)[C@@H]2O)[C@H](O)[C@@H](N)[C@@H]1O. The fourth-order valence-corrected chi connectivity index (χ4v) is 9.51. The van der Waals surface area contributed by atoms with Gasteiger partial charge in [0, 0.05) is 61.3 Å². The first-order valence-corrected chi connectivity index (χ1v) is 25.2. The van der Waals surface area contributed by atoms with Gasteiger partial charge in [0.1, 0.15) is 61.0 Å². The predicted molar refractivity (Wildman–Crippen MR) is 268 cm³/mol. The highest BCUT2D eigenvalue weighted by Gasteiger charge is 2.53. The van der Waals surface area contributed by atoms with E-state index in [1.165, 1.54) is 31.6 Å². The lowest BCUT2D eigenvalue weighted by molar-refractivity contribution is -0.331. The van der Waals surface area contributed by atoms with Crippen molar-refractivity contribution in [3.05, 3.63) is 71.7 Å². The molecule has 7 rings (SSSR count). The van der Waals surface area contributed by atoms with Gasteiger partial charge in [-0.1, -0.05) is 6.92 Å². The predicted octanol–water partition coefficient (Wildman–Crippen LogP) is -3.40. The summed E-state index contributed by atoms with van der Waals surface area (Å²) in [5.74, 6) is -3.81. The summed E-state index contributed by atoms with van der Waals surface area (Å²) in [6.07, 6.45) is -15.3. The third-order valence-electron chi connectivity index (χ3n) is 13.9. The molecule has 28 heteroatoms. The van der Waals surface area contributed by atoms with Crippen LogP contribution in [0.1, 0.15) is 54.9 Å². The number of unbranched alkanes of at least 4 members (excludes halogenated alkanes) is 1. The topological polar surface area (TPSA) is 421 Å². The average Bonchev–Trinajstić information content (AvgIpc) is 3.88. The van der Waals surface area contributed by atoms with Crippen molar-refractivity contribution in [2.75, 3.05) is 38.6 Å². The first-order valence-electron chi connectivity index (χ1n) is 25.2. The van der Waals surface area contributed by atoms with Crippen LogP contribution >= 0.6 is 0 Å². The maximum Gasteiger partial charge on any atom is 0.251 e. The largest absolute Gasteiger partial charge is 0.494 e. The number of carbonyl (C=O) groups excluding carboxylic acids is 3. The molecule has 1 unspecified atom stereocenters. The summed E-state index contributed by atoms with van der Waals surface area (Å²) in [6, 6.07) is 4.11. The Balaban J connectivity index is 0.912. The number of aryl methyl sites for hydroxylation is 1. The number of aromatic nitrogens is 3. The molecule has 0 spiro atoms. The van der Waals surface area contributed by atoms with E-state index in [-0.39, 0.29) is 68.4 Å². The molecule has 16 atom stereocenters. The molecule has 19 N–H and O–H groups in total. The minimum absolute atomic E-state index is 0.00726. The van der Waals surface area contributed by atoms with Gasteiger partial charge in [0.2, 0.25) is 17.6 Å². The molecular formula is C49H69F2N11O15. The quantitative estimate of drug-likeness (QED) is 0.0341. The lowest BCUT2D eigenvalue weighted by atomic mass is 9.83. The van der Waals surface area contributed by atoms with Crippen molar-refractivity contribution < 1.29 is 82.6 Å². The van der Waals surface area contributed by atoms with Gasteiger partial charge in [-0.2, -0.15) is 4.39 Å². The number of nitrogens with one attached hydrogen (secondary N) is 4. The molecule has 2 aromatic heterocycles. The van der Waals surface area contributed by atoms with Crippen LogP contribution in [0.4, 0.5) is 20.3 Å². The highest BCUT2D eigenvalue weighted by atomic mass is 19.2. The molecule has 2 saturated heterocycles. The second-order valence-electron chi connectivity index (χ2n) is 19.1. The number of benzene rings is 2. The molecule has 2 aliphatic heterocycles. The molecule has 0 bridgehead atoms. The summed E-state index contributed by atoms with van der Waals surface area (Å²) in [5.41, 5.74) is 26.1. The highest BCUT2D eigenvalue weighted by molar-refractivity contribution is 5.96. The Morgan fingerprint density at radius 2 is 1.60 bits per heavy atom. The second-order valence-corrected chi connectivity index (χ2v) is 19.1. The molecule has 3 fully saturated rings. The molecule has 3 amide bonds. The molecule has 4 aromatic rings. The molecule has 1 saturated carbocycles. The van der Waals surface area contributed by atoms with E-state index in [2.05, 4.69) is 31.2 Å². The summed E-state index contributed by atoms with van der Waals surface area (Å²) < 4.78 is 59.5. The fourth-order valence-electron chi connectivity index (χ4n) is 9.51. The van der Waals surface area contributed by atoms with Crippen LogP contribution in [-0.2, 0) is 35.0 Å². The molecule has 3 aliphatic rings. The number of ether oxygens (including phenoxy) is 5. The Morgan fingerprint density at radius 1 is 0.870 bits per heavy atom. The Kier molecular flexibility index (Phi) is 20.2. The van der Waals surface area contributed by atoms with E-state index in [1.54, 1.807) is 28.8 Å². The maximum atomic E-state index is 15.0. The van der Waals surface area contributed by atoms with Gasteiger partial charge in [0.05, 0.1) is 37.2 Å². The van der Waals surface area contributed by atoms with Gasteiger partial charge in [0.15, 0.2) is 35.6 Å². The Bertz CT molecular complexity index is 2660. The van der Waals surface area contributed by atoms with Crippen molar-refractivity contribution in [3.8, 4) is 17.0 Å². The summed E-state index contributed by atoms with van der Waals surface area (Å²) in [6.45, 7) is 1.48. The van der Waals surface area contributed by atoms with Gasteiger partial charge < -0.3 is 104 Å². The van der Waals surface area contributed by atoms with Crippen LogP contribution in [0.2, 0.25) is 0 Å². The van der Waals surface area contributed by atoms with Crippen LogP contribution in [0, 0.1) is 11.6 Å². The van der Waals surface area contributed by atoms with Crippen molar-refractivity contribution in [2.24, 2.45) is 22.9 Å². The van der Waals surface area contributed by atoms with Gasteiger partial charge in [-0.3, -0.25) is 18.8 Å². The third-order valence-corrected chi connectivity index (χ3v) is 13.9. The summed E-state index contributed by atoms with van der Waals surface area (Å²) in [5, 5.41) is 87.0. The van der Waals surface area contributed by atoms with Gasteiger partial charge in [-0.05, 0) is 74.5 Å². The van der Waals surface area contributed by atoms with Crippen LogP contribution in [-0.4, -0.2) is 199 Å². The number of nitrogens with zero attached hydrogens (tertiary/aromatic N) is 3. The standard InChI is InChI=1S/C49H69F2N11O15/c1-3-21-16-22(60-44-45-59-19-27(62(45)15-14-56-44)24-9-10-29(73-2)34(51)33(24)50)7-8-23(21)46(71)57-13-5-4-6-32(64)58-20-31-36(65)35(55)38(67)48(75-31)77-43-26(61-47(72)28(63)11-12-52)17-25(54)42(41(43)70)76-49-40(69)39(68)37(66)30(18-53)74-49/h7-10,14-16,19,25-26,28,30-31,35-43,48-49,63,65-70H,3-6,11-13,17-18,20,52-55H2,1-2H3,(H,56,60)(H,57,71)(H,58,64)(H,61,72)/t25-,26?,28-,30+,31+,35-,36+,37+,38+,39-,40+,41-,42+,43-,48+,49+/m0/s1. The molecule has 26 nitrogen and oxygen atoms in total. The Morgan fingerprint density at radius 3 is 2.31 bits per heavy atom. The Hall–Kier alpha value is -5.67. The number of hydrogen-bond acceptors (Lipinski definition) is 22. The zero-order valence-corrected chi connectivity index (χ0v) is 42.2. The highest BCUT2D eigenvalue weighted by Crippen LogP contribution is 2.34. The average molecular weight is 1090 g/mol. The zero-order valence-electron chi connectivity index (χ0n) is 42.2. The number of fused-ring (bicyclic) bond motifs is 1. The van der Waals surface area contributed by atoms with E-state index < -0.39 is 121 Å². The van der Waals surface area contributed by atoms with E-state index in [1.807, 2.05) is 6.92 Å². The number of imidazole rings is 1. The van der Waals surface area contributed by atoms with Gasteiger partial charge in [-0.15, -0.1) is 0 Å². The number of methoxy groups -OCH3 is 1. The molecule has 424 valence electrons. The lowest BCUT2D eigenvalue weighted by Crippen LogP contribution is -2.69. The van der Waals surface area contributed by atoms with Crippen LogP contribution in [0.3, 0.4) is 0 Å². The fraction of sp³-hybridized carbons (Fsp3) is 0.571. The number of hydrogen-bond donors (Lipinski definition) is 15. The molecule has 4 heterocycles. The van der Waals surface area contributed by atoms with E-state index >= 15 is 4.39 Å². The van der Waals surface area contributed by atoms with E-state index in [4.69, 9.17) is 46.6 Å². The summed E-state index contributed by atoms with van der Waals surface area (Å²) >= 11 is 0. The maximum absolute atomic E-state index is 15.0. The first kappa shape index (κ1) is 59.0. The zero-order chi connectivity index (χ0) is 55.8. The molecule has 0 radical (unpaired) electrons. The number of nitrogens with two attached hydrogens (primary N) is 4. The molecular weight excluding hydrogens is 1020 g/mol. The van der Waals surface area contributed by atoms with Crippen LogP contribution in [0.5, 0.6) is 5.75 Å². The number of rotatable bonds is 22. The van der Waals surface area contributed by atoms with Gasteiger partial charge in [0.25, 0.3) is 5.91 Å². The van der Waals surface area contributed by atoms with Crippen molar-refractivity contribution in [2.45, 2.75) is 143 Å². The molecule has 2 aromatic carbocycles. The second kappa shape index (κ2) is 26.3. The van der Waals surface area contributed by atoms with Crippen LogP contribution in [0.15, 0.2) is 48.9 Å². The molecule has 77 heavy (non-hydrogen) atoms. The van der Waals surface area contributed by atoms with E-state index in [0.717, 1.165) is 0 Å². The number of anilines is 2. The summed E-state index contributed by atoms with van der Waals surface area (Å²) in [7, 11) is 1.24. The Labute approximate surface area is 440 Å². The monoisotopic (exact) mass is 1090 g/mol. The number of halogens is 2.